The van der Waals surface area contributed by atoms with E-state index < -0.39 is 24.4 Å². The van der Waals surface area contributed by atoms with Gasteiger partial charge in [-0.3, -0.25) is 0 Å². The van der Waals surface area contributed by atoms with Gasteiger partial charge in [-0.1, -0.05) is 0 Å². The van der Waals surface area contributed by atoms with Gasteiger partial charge in [-0.15, -0.1) is 0 Å². The van der Waals surface area contributed by atoms with E-state index in [0.29, 0.717) is 12.8 Å². The monoisotopic (exact) mass is 255 g/mol. The van der Waals surface area contributed by atoms with Gasteiger partial charge in [0.2, 0.25) is 0 Å². The number of hydrogen-bond acceptors (Lipinski definition) is 3. The van der Waals surface area contributed by atoms with Crippen LogP contribution < -0.4 is 5.73 Å². The smallest absolute Gasteiger partial charge is 0.381 e. The Labute approximate surface area is 99.4 Å². The molecule has 1 fully saturated rings. The van der Waals surface area contributed by atoms with E-state index in [2.05, 4.69) is 0 Å². The van der Waals surface area contributed by atoms with Gasteiger partial charge in [-0.2, -0.15) is 13.2 Å². The zero-order valence-corrected chi connectivity index (χ0v) is 10.2. The van der Waals surface area contributed by atoms with Crippen molar-refractivity contribution in [3.63, 3.8) is 0 Å². The molecule has 0 aromatic heterocycles. The number of rotatable bonds is 4. The molecule has 17 heavy (non-hydrogen) atoms. The van der Waals surface area contributed by atoms with E-state index in [-0.39, 0.29) is 6.10 Å². The van der Waals surface area contributed by atoms with Crippen LogP contribution in [0, 0.1) is 0 Å². The number of nitrogens with two attached hydrogens (primary N) is 1. The topological polar surface area (TPSA) is 44.5 Å². The first-order valence-corrected chi connectivity index (χ1v) is 5.85. The maximum atomic E-state index is 12.7. The molecule has 1 saturated carbocycles. The van der Waals surface area contributed by atoms with Gasteiger partial charge in [0.15, 0.2) is 6.10 Å². The number of methoxy groups -OCH3 is 1. The van der Waals surface area contributed by atoms with Gasteiger partial charge in [0.25, 0.3) is 0 Å². The summed E-state index contributed by atoms with van der Waals surface area (Å²) in [7, 11) is 1.57. The summed E-state index contributed by atoms with van der Waals surface area (Å²) in [6, 6.07) is -1.06. The molecule has 0 radical (unpaired) electrons. The number of hydrogen-bond donors (Lipinski definition) is 1. The fourth-order valence-corrected chi connectivity index (χ4v) is 2.15. The van der Waals surface area contributed by atoms with Crippen LogP contribution in [0.5, 0.6) is 0 Å². The van der Waals surface area contributed by atoms with Crippen molar-refractivity contribution in [3.8, 4) is 0 Å². The zero-order valence-electron chi connectivity index (χ0n) is 10.2. The third-order valence-electron chi connectivity index (χ3n) is 3.05. The molecule has 0 amide bonds. The summed E-state index contributed by atoms with van der Waals surface area (Å²) in [5.74, 6) is 0. The van der Waals surface area contributed by atoms with E-state index in [1.165, 1.54) is 6.92 Å². The molecule has 4 unspecified atom stereocenters. The van der Waals surface area contributed by atoms with Gasteiger partial charge in [0.1, 0.15) is 0 Å². The minimum absolute atomic E-state index is 0.00397. The average molecular weight is 255 g/mol. The lowest BCUT2D eigenvalue weighted by atomic mass is 9.94. The minimum atomic E-state index is -4.41. The largest absolute Gasteiger partial charge is 0.416 e. The summed E-state index contributed by atoms with van der Waals surface area (Å²) in [5, 5.41) is 0. The number of halogens is 3. The van der Waals surface area contributed by atoms with Crippen LogP contribution in [0.25, 0.3) is 0 Å². The Morgan fingerprint density at radius 2 is 1.82 bits per heavy atom. The van der Waals surface area contributed by atoms with Crippen LogP contribution in [0.15, 0.2) is 0 Å². The van der Waals surface area contributed by atoms with E-state index in [1.807, 2.05) is 0 Å². The first-order chi connectivity index (χ1) is 7.84. The maximum absolute atomic E-state index is 12.7. The van der Waals surface area contributed by atoms with E-state index in [4.69, 9.17) is 15.2 Å². The van der Waals surface area contributed by atoms with Crippen molar-refractivity contribution < 1.29 is 22.6 Å². The molecule has 0 saturated heterocycles. The normalized spacial score (nSPS) is 30.0. The highest BCUT2D eigenvalue weighted by molar-refractivity contribution is 4.81. The summed E-state index contributed by atoms with van der Waals surface area (Å²) >= 11 is 0. The van der Waals surface area contributed by atoms with Crippen molar-refractivity contribution in [1.29, 1.82) is 0 Å². The third-order valence-corrected chi connectivity index (χ3v) is 3.05. The Bertz CT molecular complexity index is 233. The molecule has 2 N–H and O–H groups in total. The molecule has 0 bridgehead atoms. The fourth-order valence-electron chi connectivity index (χ4n) is 2.15. The van der Waals surface area contributed by atoms with E-state index >= 15 is 0 Å². The lowest BCUT2D eigenvalue weighted by molar-refractivity contribution is -0.242. The highest BCUT2D eigenvalue weighted by Crippen LogP contribution is 2.30. The summed E-state index contributed by atoms with van der Waals surface area (Å²) in [4.78, 5) is 0. The Hall–Kier alpha value is -0.330. The average Bonchev–Trinajstić information content (AvgIpc) is 2.24. The molecule has 1 aliphatic rings. The van der Waals surface area contributed by atoms with Gasteiger partial charge < -0.3 is 15.2 Å². The molecule has 0 aromatic carbocycles. The SMILES string of the molecule is COC1CCCC(OC(C(C)N)C(F)(F)F)C1. The van der Waals surface area contributed by atoms with E-state index in [0.717, 1.165) is 12.8 Å². The van der Waals surface area contributed by atoms with Gasteiger partial charge in [-0.05, 0) is 32.6 Å². The van der Waals surface area contributed by atoms with Crippen molar-refractivity contribution in [1.82, 2.24) is 0 Å². The predicted octanol–water partition coefficient (Wildman–Crippen LogP) is 2.24. The summed E-state index contributed by atoms with van der Waals surface area (Å²) in [5.41, 5.74) is 5.33. The van der Waals surface area contributed by atoms with Crippen LogP contribution in [0.4, 0.5) is 13.2 Å². The lowest BCUT2D eigenvalue weighted by Crippen LogP contribution is -2.48. The molecule has 0 heterocycles. The van der Waals surface area contributed by atoms with E-state index in [9.17, 15) is 13.2 Å². The third kappa shape index (κ3) is 4.44. The van der Waals surface area contributed by atoms with Crippen LogP contribution in [-0.4, -0.2) is 37.6 Å². The maximum Gasteiger partial charge on any atom is 0.416 e. The first kappa shape index (κ1) is 14.7. The summed E-state index contributed by atoms with van der Waals surface area (Å²) in [6.07, 6.45) is -3.86. The second-order valence-electron chi connectivity index (χ2n) is 4.60. The second-order valence-corrected chi connectivity index (χ2v) is 4.60. The van der Waals surface area contributed by atoms with Crippen LogP contribution in [0.1, 0.15) is 32.6 Å². The fraction of sp³-hybridized carbons (Fsp3) is 1.00. The van der Waals surface area contributed by atoms with Crippen LogP contribution >= 0.6 is 0 Å². The van der Waals surface area contributed by atoms with Crippen molar-refractivity contribution in [3.05, 3.63) is 0 Å². The van der Waals surface area contributed by atoms with Crippen molar-refractivity contribution in [2.75, 3.05) is 7.11 Å². The summed E-state index contributed by atoms with van der Waals surface area (Å²) in [6.45, 7) is 1.31. The molecular weight excluding hydrogens is 235 g/mol. The zero-order chi connectivity index (χ0) is 13.1. The van der Waals surface area contributed by atoms with Crippen LogP contribution in [0.3, 0.4) is 0 Å². The van der Waals surface area contributed by atoms with Crippen molar-refractivity contribution in [2.24, 2.45) is 5.73 Å². The molecule has 1 rings (SSSR count). The van der Waals surface area contributed by atoms with Gasteiger partial charge in [-0.25, -0.2) is 0 Å². The van der Waals surface area contributed by atoms with Crippen molar-refractivity contribution in [2.45, 2.75) is 63.1 Å². The molecule has 0 spiro atoms. The first-order valence-electron chi connectivity index (χ1n) is 5.85. The Kier molecular flexibility index (Phi) is 5.22. The summed E-state index contributed by atoms with van der Waals surface area (Å²) < 4.78 is 48.3. The Morgan fingerprint density at radius 3 is 2.29 bits per heavy atom. The Morgan fingerprint density at radius 1 is 1.24 bits per heavy atom. The predicted molar refractivity (Wildman–Crippen MR) is 57.6 cm³/mol. The Balaban J connectivity index is 2.55. The lowest BCUT2D eigenvalue weighted by Gasteiger charge is -2.33. The van der Waals surface area contributed by atoms with Gasteiger partial charge in [0, 0.05) is 13.2 Å². The quantitative estimate of drug-likeness (QED) is 0.838. The van der Waals surface area contributed by atoms with Gasteiger partial charge in [0.05, 0.1) is 12.2 Å². The van der Waals surface area contributed by atoms with Crippen LogP contribution in [0.2, 0.25) is 0 Å². The number of alkyl halides is 3. The molecule has 3 nitrogen and oxygen atoms in total. The van der Waals surface area contributed by atoms with E-state index in [1.54, 1.807) is 7.11 Å². The van der Waals surface area contributed by atoms with Crippen LogP contribution in [-0.2, 0) is 9.47 Å². The minimum Gasteiger partial charge on any atom is -0.381 e. The van der Waals surface area contributed by atoms with Gasteiger partial charge >= 0.3 is 6.18 Å². The second kappa shape index (κ2) is 6.02. The molecule has 102 valence electrons. The highest BCUT2D eigenvalue weighted by Gasteiger charge is 2.44. The highest BCUT2D eigenvalue weighted by atomic mass is 19.4. The molecule has 6 heteroatoms. The molecule has 0 aliphatic heterocycles. The number of ether oxygens (including phenoxy) is 2. The molecule has 1 aliphatic carbocycles. The van der Waals surface area contributed by atoms with Crippen molar-refractivity contribution >= 4 is 0 Å². The standard InChI is InChI=1S/C11H20F3NO2/c1-7(15)10(11(12,13)14)17-9-5-3-4-8(6-9)16-2/h7-10H,3-6,15H2,1-2H3. The molecule has 0 aromatic rings. The molecular formula is C11H20F3NO2. The molecule has 4 atom stereocenters.